The van der Waals surface area contributed by atoms with Crippen LogP contribution in [0.3, 0.4) is 0 Å². The molecule has 0 bridgehead atoms. The number of Topliss-reactive ketones (excluding diaryl/α,β-unsaturated/α-hetero) is 1. The molecule has 0 radical (unpaired) electrons. The summed E-state index contributed by atoms with van der Waals surface area (Å²) in [5.74, 6) is 0.0750. The van der Waals surface area contributed by atoms with E-state index in [0.717, 1.165) is 16.5 Å². The van der Waals surface area contributed by atoms with E-state index in [0.29, 0.717) is 22.6 Å². The predicted molar refractivity (Wildman–Crippen MR) is 185 cm³/mol. The number of benzene rings is 5. The SMILES string of the molecule is CS(=O)(=O)N(Cc1ccccc1)c1cccc(C(=O)CN(CCOc2ccc3c(c2)sc2ccccc23)C(=O)c2ccccc2)c1. The van der Waals surface area contributed by atoms with Gasteiger partial charge in [-0.3, -0.25) is 13.9 Å². The fraction of sp³-hybridized carbons (Fsp3) is 0.135. The minimum absolute atomic E-state index is 0.126. The van der Waals surface area contributed by atoms with Crippen LogP contribution in [0.5, 0.6) is 5.75 Å². The van der Waals surface area contributed by atoms with E-state index in [1.165, 1.54) is 24.7 Å². The molecular weight excluding hydrogens is 617 g/mol. The van der Waals surface area contributed by atoms with Crippen molar-refractivity contribution in [3.63, 3.8) is 0 Å². The topological polar surface area (TPSA) is 84.0 Å². The Morgan fingerprint density at radius 3 is 2.15 bits per heavy atom. The quantitative estimate of drug-likeness (QED) is 0.129. The minimum Gasteiger partial charge on any atom is -0.492 e. The number of carbonyl (C=O) groups excluding carboxylic acids is 2. The normalized spacial score (nSPS) is 11.4. The number of amides is 1. The number of ketones is 1. The molecule has 6 rings (SSSR count). The maximum absolute atomic E-state index is 13.6. The minimum atomic E-state index is -3.65. The van der Waals surface area contributed by atoms with Gasteiger partial charge in [-0.1, -0.05) is 78.9 Å². The van der Waals surface area contributed by atoms with E-state index in [2.05, 4.69) is 12.1 Å². The molecule has 0 fully saturated rings. The van der Waals surface area contributed by atoms with Crippen molar-refractivity contribution in [1.29, 1.82) is 0 Å². The van der Waals surface area contributed by atoms with Gasteiger partial charge in [-0.2, -0.15) is 0 Å². The van der Waals surface area contributed by atoms with Gasteiger partial charge in [-0.05, 0) is 54.1 Å². The Balaban J connectivity index is 1.20. The number of fused-ring (bicyclic) bond motifs is 3. The number of hydrogen-bond donors (Lipinski definition) is 0. The summed E-state index contributed by atoms with van der Waals surface area (Å²) in [4.78, 5) is 28.7. The smallest absolute Gasteiger partial charge is 0.254 e. The summed E-state index contributed by atoms with van der Waals surface area (Å²) in [6.07, 6.45) is 1.14. The van der Waals surface area contributed by atoms with Crippen molar-refractivity contribution < 1.29 is 22.7 Å². The molecule has 1 heterocycles. The van der Waals surface area contributed by atoms with Gasteiger partial charge in [0.25, 0.3) is 5.91 Å². The molecule has 0 saturated heterocycles. The van der Waals surface area contributed by atoms with Gasteiger partial charge in [0.05, 0.1) is 31.6 Å². The standard InChI is InChI=1S/C37H32N2O5S2/c1-46(42,43)39(25-27-11-4-2-5-12-27)30-16-10-15-29(23-30)34(40)26-38(37(41)28-13-6-3-7-14-28)21-22-44-31-19-20-33-32-17-8-9-18-35(32)45-36(33)24-31/h2-20,23-24H,21-22,25-26H2,1H3. The molecule has 0 N–H and O–H groups in total. The van der Waals surface area contributed by atoms with Gasteiger partial charge in [0.2, 0.25) is 10.0 Å². The number of sulfonamides is 1. The molecule has 46 heavy (non-hydrogen) atoms. The first-order chi connectivity index (χ1) is 22.3. The largest absolute Gasteiger partial charge is 0.492 e. The van der Waals surface area contributed by atoms with Gasteiger partial charge in [-0.25, -0.2) is 8.42 Å². The van der Waals surface area contributed by atoms with E-state index in [4.69, 9.17) is 4.74 Å². The van der Waals surface area contributed by atoms with Crippen molar-refractivity contribution in [2.75, 3.05) is 30.3 Å². The molecule has 6 aromatic rings. The highest BCUT2D eigenvalue weighted by Gasteiger charge is 2.23. The number of rotatable bonds is 12. The summed E-state index contributed by atoms with van der Waals surface area (Å²) in [7, 11) is -3.65. The van der Waals surface area contributed by atoms with E-state index in [9.17, 15) is 18.0 Å². The Hall–Kier alpha value is -4.99. The Kier molecular flexibility index (Phi) is 9.14. The van der Waals surface area contributed by atoms with Crippen molar-refractivity contribution in [3.05, 3.63) is 144 Å². The van der Waals surface area contributed by atoms with Crippen molar-refractivity contribution >= 4 is 58.9 Å². The van der Waals surface area contributed by atoms with Crippen molar-refractivity contribution in [1.82, 2.24) is 4.90 Å². The van der Waals surface area contributed by atoms with Gasteiger partial charge < -0.3 is 9.64 Å². The van der Waals surface area contributed by atoms with Crippen LogP contribution in [0.1, 0.15) is 26.3 Å². The molecule has 1 amide bonds. The Bertz CT molecular complexity index is 2110. The van der Waals surface area contributed by atoms with Gasteiger partial charge >= 0.3 is 0 Å². The molecule has 0 saturated carbocycles. The second-order valence-corrected chi connectivity index (χ2v) is 13.9. The summed E-state index contributed by atoms with van der Waals surface area (Å²) in [5, 5.41) is 2.37. The van der Waals surface area contributed by atoms with Crippen LogP contribution in [0.4, 0.5) is 5.69 Å². The molecule has 7 nitrogen and oxygen atoms in total. The summed E-state index contributed by atoms with van der Waals surface area (Å²) >= 11 is 1.70. The number of thiophene rings is 1. The Morgan fingerprint density at radius 1 is 0.717 bits per heavy atom. The Labute approximate surface area is 272 Å². The summed E-state index contributed by atoms with van der Waals surface area (Å²) < 4.78 is 35.2. The third-order valence-corrected chi connectivity index (χ3v) is 9.92. The van der Waals surface area contributed by atoms with Gasteiger partial charge in [0, 0.05) is 31.3 Å². The monoisotopic (exact) mass is 648 g/mol. The average molecular weight is 649 g/mol. The number of carbonyl (C=O) groups is 2. The lowest BCUT2D eigenvalue weighted by molar-refractivity contribution is 0.0686. The number of nitrogens with zero attached hydrogens (tertiary/aromatic N) is 2. The molecule has 0 aliphatic rings. The zero-order valence-electron chi connectivity index (χ0n) is 25.2. The average Bonchev–Trinajstić information content (AvgIpc) is 3.44. The van der Waals surface area contributed by atoms with Crippen LogP contribution in [0.15, 0.2) is 127 Å². The van der Waals surface area contributed by atoms with E-state index < -0.39 is 10.0 Å². The van der Waals surface area contributed by atoms with Crippen molar-refractivity contribution in [2.24, 2.45) is 0 Å². The van der Waals surface area contributed by atoms with Crippen LogP contribution in [-0.2, 0) is 16.6 Å². The zero-order chi connectivity index (χ0) is 32.1. The summed E-state index contributed by atoms with van der Waals surface area (Å²) in [5.41, 5.74) is 1.96. The fourth-order valence-electron chi connectivity index (χ4n) is 5.33. The van der Waals surface area contributed by atoms with Gasteiger partial charge in [-0.15, -0.1) is 11.3 Å². The lowest BCUT2D eigenvalue weighted by Gasteiger charge is -2.24. The first-order valence-electron chi connectivity index (χ1n) is 14.8. The number of ether oxygens (including phenoxy) is 1. The lowest BCUT2D eigenvalue weighted by Crippen LogP contribution is -2.38. The summed E-state index contributed by atoms with van der Waals surface area (Å²) in [6, 6.07) is 38.8. The zero-order valence-corrected chi connectivity index (χ0v) is 26.8. The molecule has 0 spiro atoms. The molecule has 1 aromatic heterocycles. The lowest BCUT2D eigenvalue weighted by atomic mass is 10.1. The molecule has 0 aliphatic heterocycles. The third kappa shape index (κ3) is 7.11. The van der Waals surface area contributed by atoms with Crippen molar-refractivity contribution in [2.45, 2.75) is 6.54 Å². The van der Waals surface area contributed by atoms with Crippen LogP contribution >= 0.6 is 11.3 Å². The molecule has 0 unspecified atom stereocenters. The fourth-order valence-corrected chi connectivity index (χ4v) is 7.35. The number of hydrogen-bond acceptors (Lipinski definition) is 6. The third-order valence-electron chi connectivity index (χ3n) is 7.65. The van der Waals surface area contributed by atoms with Crippen LogP contribution < -0.4 is 9.04 Å². The van der Waals surface area contributed by atoms with E-state index in [-0.39, 0.29) is 37.9 Å². The van der Waals surface area contributed by atoms with Crippen LogP contribution in [0.2, 0.25) is 0 Å². The highest BCUT2D eigenvalue weighted by Crippen LogP contribution is 2.35. The second-order valence-electron chi connectivity index (χ2n) is 10.9. The first kappa shape index (κ1) is 31.0. The Morgan fingerprint density at radius 2 is 1.39 bits per heavy atom. The van der Waals surface area contributed by atoms with Crippen molar-refractivity contribution in [3.8, 4) is 5.75 Å². The molecular formula is C37H32N2O5S2. The van der Waals surface area contributed by atoms with E-state index in [1.807, 2.05) is 66.7 Å². The van der Waals surface area contributed by atoms with Crippen LogP contribution in [0.25, 0.3) is 20.2 Å². The maximum Gasteiger partial charge on any atom is 0.254 e. The molecule has 232 valence electrons. The van der Waals surface area contributed by atoms with Crippen LogP contribution in [-0.4, -0.2) is 51.0 Å². The van der Waals surface area contributed by atoms with E-state index >= 15 is 0 Å². The first-order valence-corrected chi connectivity index (χ1v) is 17.5. The molecule has 5 aromatic carbocycles. The predicted octanol–water partition coefficient (Wildman–Crippen LogP) is 7.42. The highest BCUT2D eigenvalue weighted by atomic mass is 32.2. The maximum atomic E-state index is 13.6. The van der Waals surface area contributed by atoms with E-state index in [1.54, 1.807) is 59.9 Å². The van der Waals surface area contributed by atoms with Gasteiger partial charge in [0.1, 0.15) is 12.4 Å². The molecule has 0 atom stereocenters. The summed E-state index contributed by atoms with van der Waals surface area (Å²) in [6.45, 7) is 0.280. The highest BCUT2D eigenvalue weighted by molar-refractivity contribution is 7.92. The molecule has 9 heteroatoms. The number of anilines is 1. The van der Waals surface area contributed by atoms with Crippen LogP contribution in [0, 0.1) is 0 Å². The van der Waals surface area contributed by atoms with Gasteiger partial charge in [0.15, 0.2) is 5.78 Å². The molecule has 0 aliphatic carbocycles. The second kappa shape index (κ2) is 13.6.